The van der Waals surface area contributed by atoms with Crippen molar-refractivity contribution in [1.82, 2.24) is 9.21 Å². The van der Waals surface area contributed by atoms with Gasteiger partial charge in [-0.25, -0.2) is 17.5 Å². The van der Waals surface area contributed by atoms with E-state index in [9.17, 15) is 22.8 Å². The molecule has 166 valence electrons. The van der Waals surface area contributed by atoms with Crippen LogP contribution in [-0.2, 0) is 27.7 Å². The number of amides is 3. The molecule has 3 N–H and O–H groups in total. The van der Waals surface area contributed by atoms with Crippen LogP contribution < -0.4 is 11.1 Å². The van der Waals surface area contributed by atoms with Crippen LogP contribution in [0.3, 0.4) is 0 Å². The normalized spacial score (nSPS) is 13.6. The summed E-state index contributed by atoms with van der Waals surface area (Å²) in [6.07, 6.45) is -0.0652. The number of nitrogens with two attached hydrogens (primary N) is 1. The molecule has 0 aliphatic carbocycles. The van der Waals surface area contributed by atoms with Crippen molar-refractivity contribution >= 4 is 44.3 Å². The van der Waals surface area contributed by atoms with Gasteiger partial charge in [0.1, 0.15) is 5.00 Å². The lowest BCUT2D eigenvalue weighted by atomic mass is 10.0. The summed E-state index contributed by atoms with van der Waals surface area (Å²) in [4.78, 5) is 38.9. The molecule has 3 rings (SSSR count). The molecule has 1 aromatic heterocycles. The molecule has 0 radical (unpaired) electrons. The third kappa shape index (κ3) is 4.40. The molecule has 1 aliphatic heterocycles. The van der Waals surface area contributed by atoms with E-state index in [1.54, 1.807) is 0 Å². The number of thiophene rings is 1. The first kappa shape index (κ1) is 22.7. The lowest BCUT2D eigenvalue weighted by Gasteiger charge is -2.25. The Bertz CT molecular complexity index is 1140. The van der Waals surface area contributed by atoms with Crippen LogP contribution in [0.1, 0.15) is 31.2 Å². The number of methoxy groups -OCH3 is 1. The van der Waals surface area contributed by atoms with Gasteiger partial charge in [-0.05, 0) is 36.2 Å². The second-order valence-electron chi connectivity index (χ2n) is 6.98. The molecule has 1 aromatic carbocycles. The number of hydrogen-bond donors (Lipinski definition) is 2. The van der Waals surface area contributed by atoms with Gasteiger partial charge in [-0.2, -0.15) is 0 Å². The average molecular weight is 467 g/mol. The number of anilines is 1. The first-order valence-electron chi connectivity index (χ1n) is 9.17. The minimum absolute atomic E-state index is 0.0568. The van der Waals surface area contributed by atoms with Crippen LogP contribution in [0.2, 0.25) is 0 Å². The third-order valence-corrected chi connectivity index (χ3v) is 7.82. The predicted molar refractivity (Wildman–Crippen MR) is 115 cm³/mol. The van der Waals surface area contributed by atoms with Crippen molar-refractivity contribution in [3.8, 4) is 0 Å². The highest BCUT2D eigenvalue weighted by Crippen LogP contribution is 2.37. The molecule has 31 heavy (non-hydrogen) atoms. The molecule has 0 unspecified atom stereocenters. The lowest BCUT2D eigenvalue weighted by molar-refractivity contribution is 0.0999. The van der Waals surface area contributed by atoms with Gasteiger partial charge in [0.25, 0.3) is 11.8 Å². The minimum atomic E-state index is -3.61. The van der Waals surface area contributed by atoms with E-state index >= 15 is 0 Å². The second-order valence-corrected chi connectivity index (χ2v) is 10.2. The molecule has 0 bridgehead atoms. The summed E-state index contributed by atoms with van der Waals surface area (Å²) in [5, 5.41) is 2.98. The summed E-state index contributed by atoms with van der Waals surface area (Å²) < 4.78 is 30.2. The van der Waals surface area contributed by atoms with E-state index in [1.165, 1.54) is 61.7 Å². The number of fused-ring (bicyclic) bond motifs is 1. The number of carbonyl (C=O) groups excluding carboxylic acids is 3. The number of benzene rings is 1. The fourth-order valence-corrected chi connectivity index (χ4v) is 5.37. The average Bonchev–Trinajstić information content (AvgIpc) is 3.10. The maximum atomic E-state index is 12.7. The van der Waals surface area contributed by atoms with Gasteiger partial charge in [-0.3, -0.25) is 9.59 Å². The zero-order valence-corrected chi connectivity index (χ0v) is 18.8. The number of nitrogens with one attached hydrogen (secondary N) is 1. The summed E-state index contributed by atoms with van der Waals surface area (Å²) in [6.45, 7) is 0.617. The summed E-state index contributed by atoms with van der Waals surface area (Å²) in [5.74, 6) is -1.19. The van der Waals surface area contributed by atoms with E-state index in [2.05, 4.69) is 5.32 Å². The SMILES string of the molecule is COC(=O)N1CCc2c(sc(NC(=O)c3ccc(S(=O)(=O)N(C)C)cc3)c2C(N)=O)C1. The van der Waals surface area contributed by atoms with Crippen molar-refractivity contribution in [3.63, 3.8) is 0 Å². The monoisotopic (exact) mass is 466 g/mol. The molecule has 10 nitrogen and oxygen atoms in total. The van der Waals surface area contributed by atoms with E-state index in [1.807, 2.05) is 0 Å². The van der Waals surface area contributed by atoms with Gasteiger partial charge >= 0.3 is 6.09 Å². The molecule has 0 spiro atoms. The van der Waals surface area contributed by atoms with Crippen LogP contribution in [0.25, 0.3) is 0 Å². The Hall–Kier alpha value is -2.96. The van der Waals surface area contributed by atoms with Gasteiger partial charge in [0.2, 0.25) is 10.0 Å². The number of primary amides is 1. The van der Waals surface area contributed by atoms with Gasteiger partial charge in [-0.1, -0.05) is 0 Å². The standard InChI is InChI=1S/C19H22N4O6S2/c1-22(2)31(27,28)12-6-4-11(5-7-12)17(25)21-18-15(16(20)24)13-8-9-23(19(26)29-3)10-14(13)30-18/h4-7H,8-10H2,1-3H3,(H2,20,24)(H,21,25). The molecule has 0 saturated heterocycles. The first-order valence-corrected chi connectivity index (χ1v) is 11.4. The summed E-state index contributed by atoms with van der Waals surface area (Å²) in [5.41, 5.74) is 6.71. The van der Waals surface area contributed by atoms with Crippen LogP contribution in [-0.4, -0.2) is 63.3 Å². The van der Waals surface area contributed by atoms with Crippen LogP contribution in [0.15, 0.2) is 29.2 Å². The van der Waals surface area contributed by atoms with Gasteiger partial charge in [-0.15, -0.1) is 11.3 Å². The fraction of sp³-hybridized carbons (Fsp3) is 0.316. The van der Waals surface area contributed by atoms with Crippen molar-refractivity contribution in [2.45, 2.75) is 17.9 Å². The number of carbonyl (C=O) groups is 3. The highest BCUT2D eigenvalue weighted by Gasteiger charge is 2.30. The molecule has 0 saturated carbocycles. The topological polar surface area (TPSA) is 139 Å². The molecule has 2 aromatic rings. The third-order valence-electron chi connectivity index (χ3n) is 4.86. The van der Waals surface area contributed by atoms with Gasteiger partial charge in [0.15, 0.2) is 0 Å². The summed E-state index contributed by atoms with van der Waals surface area (Å²) in [7, 11) is 0.516. The van der Waals surface area contributed by atoms with Crippen LogP contribution in [0.4, 0.5) is 9.80 Å². The lowest BCUT2D eigenvalue weighted by Crippen LogP contribution is -2.35. The Morgan fingerprint density at radius 3 is 2.39 bits per heavy atom. The number of sulfonamides is 1. The highest BCUT2D eigenvalue weighted by molar-refractivity contribution is 7.89. The smallest absolute Gasteiger partial charge is 0.409 e. The molecule has 3 amide bonds. The van der Waals surface area contributed by atoms with Crippen LogP contribution >= 0.6 is 11.3 Å². The Labute approximate surface area is 183 Å². The van der Waals surface area contributed by atoms with Crippen molar-refractivity contribution in [1.29, 1.82) is 0 Å². The quantitative estimate of drug-likeness (QED) is 0.684. The van der Waals surface area contributed by atoms with Crippen molar-refractivity contribution in [2.24, 2.45) is 5.73 Å². The fourth-order valence-electron chi connectivity index (χ4n) is 3.20. The Kier molecular flexibility index (Phi) is 6.34. The number of rotatable bonds is 5. The van der Waals surface area contributed by atoms with Crippen molar-refractivity contribution in [2.75, 3.05) is 33.1 Å². The first-order chi connectivity index (χ1) is 14.6. The number of ether oxygens (including phenoxy) is 1. The zero-order chi connectivity index (χ0) is 22.9. The van der Waals surface area contributed by atoms with Crippen molar-refractivity contribution in [3.05, 3.63) is 45.8 Å². The summed E-state index contributed by atoms with van der Waals surface area (Å²) in [6, 6.07) is 5.46. The van der Waals surface area contributed by atoms with E-state index < -0.39 is 27.9 Å². The molecule has 12 heteroatoms. The summed E-state index contributed by atoms with van der Waals surface area (Å²) >= 11 is 1.17. The Morgan fingerprint density at radius 2 is 1.84 bits per heavy atom. The second kappa shape index (κ2) is 8.65. The van der Waals surface area contributed by atoms with Gasteiger partial charge in [0.05, 0.1) is 24.1 Å². The minimum Gasteiger partial charge on any atom is -0.453 e. The molecule has 0 fully saturated rings. The number of nitrogens with zero attached hydrogens (tertiary/aromatic N) is 2. The molecule has 0 atom stereocenters. The highest BCUT2D eigenvalue weighted by atomic mass is 32.2. The number of hydrogen-bond acceptors (Lipinski definition) is 7. The van der Waals surface area contributed by atoms with E-state index in [0.29, 0.717) is 23.5 Å². The predicted octanol–water partition coefficient (Wildman–Crippen LogP) is 1.47. The Morgan fingerprint density at radius 1 is 1.19 bits per heavy atom. The molecular weight excluding hydrogens is 444 g/mol. The molecule has 1 aliphatic rings. The van der Waals surface area contributed by atoms with E-state index in [-0.39, 0.29) is 22.6 Å². The van der Waals surface area contributed by atoms with E-state index in [4.69, 9.17) is 10.5 Å². The largest absolute Gasteiger partial charge is 0.453 e. The van der Waals surface area contributed by atoms with Gasteiger partial charge < -0.3 is 20.7 Å². The van der Waals surface area contributed by atoms with E-state index in [0.717, 1.165) is 9.18 Å². The van der Waals surface area contributed by atoms with Crippen LogP contribution in [0, 0.1) is 0 Å². The Balaban J connectivity index is 1.86. The maximum absolute atomic E-state index is 12.7. The van der Waals surface area contributed by atoms with Crippen molar-refractivity contribution < 1.29 is 27.5 Å². The zero-order valence-electron chi connectivity index (χ0n) is 17.2. The molecular formula is C19H22N4O6S2. The van der Waals surface area contributed by atoms with Gasteiger partial charge in [0, 0.05) is 31.1 Å². The molecule has 2 heterocycles. The maximum Gasteiger partial charge on any atom is 0.409 e. The van der Waals surface area contributed by atoms with Crippen LogP contribution in [0.5, 0.6) is 0 Å².